The molecule has 0 aliphatic carbocycles. The Hall–Kier alpha value is -1.34. The predicted octanol–water partition coefficient (Wildman–Crippen LogP) is 1.06. The van der Waals surface area contributed by atoms with Gasteiger partial charge in [-0.2, -0.15) is 0 Å². The summed E-state index contributed by atoms with van der Waals surface area (Å²) in [6.07, 6.45) is 1.85. The summed E-state index contributed by atoms with van der Waals surface area (Å²) >= 11 is 6.01. The van der Waals surface area contributed by atoms with Crippen molar-refractivity contribution in [1.29, 1.82) is 0 Å². The molecule has 1 N–H and O–H groups in total. The Kier molecular flexibility index (Phi) is 3.69. The molecule has 1 fully saturated rings. The zero-order chi connectivity index (χ0) is 14.2. The number of hydrogen-bond donors (Lipinski definition) is 1. The van der Waals surface area contributed by atoms with E-state index in [0.29, 0.717) is 12.2 Å². The van der Waals surface area contributed by atoms with E-state index < -0.39 is 15.8 Å². The summed E-state index contributed by atoms with van der Waals surface area (Å²) in [4.78, 5) is 16.7. The van der Waals surface area contributed by atoms with Gasteiger partial charge in [0.15, 0.2) is 9.84 Å². The van der Waals surface area contributed by atoms with Crippen LogP contribution in [0.1, 0.15) is 16.8 Å². The van der Waals surface area contributed by atoms with Crippen LogP contribution in [-0.4, -0.2) is 49.1 Å². The SMILES string of the molecule is CN(c1nccc(C(=O)O)c1Cl)C1CCS(=O)(=O)C1. The molecule has 0 radical (unpaired) electrons. The van der Waals surface area contributed by atoms with Crippen LogP contribution in [0.2, 0.25) is 5.02 Å². The summed E-state index contributed by atoms with van der Waals surface area (Å²) in [6.45, 7) is 0. The molecule has 1 aliphatic rings. The first kappa shape index (κ1) is 14.1. The molecule has 0 amide bonds. The van der Waals surface area contributed by atoms with E-state index in [9.17, 15) is 13.2 Å². The summed E-state index contributed by atoms with van der Waals surface area (Å²) in [5, 5.41) is 9.02. The maximum atomic E-state index is 11.5. The highest BCUT2D eigenvalue weighted by Gasteiger charge is 2.32. The zero-order valence-corrected chi connectivity index (χ0v) is 11.8. The number of nitrogens with zero attached hydrogens (tertiary/aromatic N) is 2. The van der Waals surface area contributed by atoms with Crippen molar-refractivity contribution in [2.45, 2.75) is 12.5 Å². The molecule has 19 heavy (non-hydrogen) atoms. The van der Waals surface area contributed by atoms with E-state index in [0.717, 1.165) is 0 Å². The number of carboxylic acid groups (broad SMARTS) is 1. The average molecular weight is 305 g/mol. The molecule has 1 aliphatic heterocycles. The lowest BCUT2D eigenvalue weighted by Gasteiger charge is -2.25. The van der Waals surface area contributed by atoms with Gasteiger partial charge >= 0.3 is 5.97 Å². The predicted molar refractivity (Wildman–Crippen MR) is 71.7 cm³/mol. The topological polar surface area (TPSA) is 87.6 Å². The van der Waals surface area contributed by atoms with E-state index in [1.807, 2.05) is 0 Å². The molecule has 8 heteroatoms. The molecule has 0 spiro atoms. The van der Waals surface area contributed by atoms with Gasteiger partial charge in [-0.1, -0.05) is 11.6 Å². The standard InChI is InChI=1S/C11H13ClN2O4S/c1-14(7-3-5-19(17,18)6-7)10-9(12)8(11(15)16)2-4-13-10/h2,4,7H,3,5-6H2,1H3,(H,15,16). The molecular formula is C11H13ClN2O4S. The normalized spacial score (nSPS) is 21.3. The van der Waals surface area contributed by atoms with E-state index in [-0.39, 0.29) is 28.1 Å². The second kappa shape index (κ2) is 4.97. The molecule has 0 aromatic carbocycles. The molecular weight excluding hydrogens is 292 g/mol. The van der Waals surface area contributed by atoms with Crippen molar-refractivity contribution >= 4 is 33.2 Å². The van der Waals surface area contributed by atoms with Crippen molar-refractivity contribution in [2.75, 3.05) is 23.5 Å². The van der Waals surface area contributed by atoms with Crippen LogP contribution in [0, 0.1) is 0 Å². The molecule has 1 aromatic heterocycles. The van der Waals surface area contributed by atoms with Gasteiger partial charge in [0.05, 0.1) is 22.1 Å². The lowest BCUT2D eigenvalue weighted by Crippen LogP contribution is -2.33. The van der Waals surface area contributed by atoms with Crippen LogP contribution in [0.15, 0.2) is 12.3 Å². The Morgan fingerprint density at radius 3 is 2.79 bits per heavy atom. The fourth-order valence-electron chi connectivity index (χ4n) is 2.10. The molecule has 2 rings (SSSR count). The molecule has 104 valence electrons. The van der Waals surface area contributed by atoms with Crippen LogP contribution in [0.4, 0.5) is 5.82 Å². The van der Waals surface area contributed by atoms with Crippen molar-refractivity contribution < 1.29 is 18.3 Å². The number of sulfone groups is 1. The first-order chi connectivity index (χ1) is 8.82. The zero-order valence-electron chi connectivity index (χ0n) is 10.2. The number of carbonyl (C=O) groups is 1. The van der Waals surface area contributed by atoms with Crippen molar-refractivity contribution in [3.05, 3.63) is 22.8 Å². The number of anilines is 1. The van der Waals surface area contributed by atoms with Gasteiger partial charge in [0.1, 0.15) is 5.82 Å². The summed E-state index contributed by atoms with van der Waals surface area (Å²) in [5.74, 6) is -0.665. The lowest BCUT2D eigenvalue weighted by molar-refractivity contribution is 0.0697. The Labute approximate surface area is 115 Å². The monoisotopic (exact) mass is 304 g/mol. The van der Waals surface area contributed by atoms with Gasteiger partial charge in [-0.25, -0.2) is 18.2 Å². The highest BCUT2D eigenvalue weighted by atomic mass is 35.5. The summed E-state index contributed by atoms with van der Waals surface area (Å²) < 4.78 is 22.9. The minimum atomic E-state index is -3.02. The Morgan fingerprint density at radius 2 is 2.26 bits per heavy atom. The maximum Gasteiger partial charge on any atom is 0.337 e. The third kappa shape index (κ3) is 2.82. The fraction of sp³-hybridized carbons (Fsp3) is 0.455. The van der Waals surface area contributed by atoms with Crippen LogP contribution in [0.5, 0.6) is 0 Å². The third-order valence-corrected chi connectivity index (χ3v) is 5.31. The summed E-state index contributed by atoms with van der Waals surface area (Å²) in [5.41, 5.74) is -0.0422. The van der Waals surface area contributed by atoms with Gasteiger partial charge in [-0.15, -0.1) is 0 Å². The molecule has 1 aromatic rings. The molecule has 2 heterocycles. The van der Waals surface area contributed by atoms with Crippen LogP contribution in [0.3, 0.4) is 0 Å². The van der Waals surface area contributed by atoms with E-state index in [1.165, 1.54) is 12.3 Å². The summed E-state index contributed by atoms with van der Waals surface area (Å²) in [6, 6.07) is 1.09. The molecule has 1 saturated heterocycles. The van der Waals surface area contributed by atoms with Gasteiger partial charge < -0.3 is 10.0 Å². The van der Waals surface area contributed by atoms with Crippen molar-refractivity contribution in [3.8, 4) is 0 Å². The van der Waals surface area contributed by atoms with Crippen LogP contribution < -0.4 is 4.90 Å². The first-order valence-electron chi connectivity index (χ1n) is 5.63. The minimum absolute atomic E-state index is 0.0294. The number of aromatic nitrogens is 1. The highest BCUT2D eigenvalue weighted by molar-refractivity contribution is 7.91. The number of rotatable bonds is 3. The molecule has 0 bridgehead atoms. The van der Waals surface area contributed by atoms with E-state index in [2.05, 4.69) is 4.98 Å². The van der Waals surface area contributed by atoms with E-state index in [4.69, 9.17) is 16.7 Å². The van der Waals surface area contributed by atoms with Crippen molar-refractivity contribution in [2.24, 2.45) is 0 Å². The summed E-state index contributed by atoms with van der Waals surface area (Å²) in [7, 11) is -1.34. The van der Waals surface area contributed by atoms with E-state index in [1.54, 1.807) is 11.9 Å². The van der Waals surface area contributed by atoms with Gasteiger partial charge in [0, 0.05) is 19.3 Å². The smallest absolute Gasteiger partial charge is 0.337 e. The maximum absolute atomic E-state index is 11.5. The molecule has 1 atom stereocenters. The van der Waals surface area contributed by atoms with E-state index >= 15 is 0 Å². The number of pyridine rings is 1. The largest absolute Gasteiger partial charge is 0.478 e. The Morgan fingerprint density at radius 1 is 1.58 bits per heavy atom. The molecule has 1 unspecified atom stereocenters. The van der Waals surface area contributed by atoms with Gasteiger partial charge in [-0.3, -0.25) is 0 Å². The Bertz CT molecular complexity index is 617. The Balaban J connectivity index is 2.32. The van der Waals surface area contributed by atoms with Gasteiger partial charge in [0.2, 0.25) is 0 Å². The van der Waals surface area contributed by atoms with Crippen LogP contribution in [0.25, 0.3) is 0 Å². The van der Waals surface area contributed by atoms with Crippen LogP contribution in [-0.2, 0) is 9.84 Å². The third-order valence-electron chi connectivity index (χ3n) is 3.19. The average Bonchev–Trinajstić information content (AvgIpc) is 2.69. The highest BCUT2D eigenvalue weighted by Crippen LogP contribution is 2.29. The number of halogens is 1. The van der Waals surface area contributed by atoms with Gasteiger partial charge in [-0.05, 0) is 12.5 Å². The second-order valence-electron chi connectivity index (χ2n) is 4.47. The second-order valence-corrected chi connectivity index (χ2v) is 7.08. The molecule has 0 saturated carbocycles. The minimum Gasteiger partial charge on any atom is -0.478 e. The molecule has 6 nitrogen and oxygen atoms in total. The fourth-order valence-corrected chi connectivity index (χ4v) is 4.20. The number of carboxylic acids is 1. The quantitative estimate of drug-likeness (QED) is 0.898. The van der Waals surface area contributed by atoms with Crippen LogP contribution >= 0.6 is 11.6 Å². The van der Waals surface area contributed by atoms with Gasteiger partial charge in [0.25, 0.3) is 0 Å². The number of aromatic carboxylic acids is 1. The number of hydrogen-bond acceptors (Lipinski definition) is 5. The lowest BCUT2D eigenvalue weighted by atomic mass is 10.2. The first-order valence-corrected chi connectivity index (χ1v) is 7.83. The van der Waals surface area contributed by atoms with Crippen molar-refractivity contribution in [3.63, 3.8) is 0 Å². The van der Waals surface area contributed by atoms with Crippen molar-refractivity contribution in [1.82, 2.24) is 4.98 Å².